The molecule has 10 heteroatoms. The Bertz CT molecular complexity index is 1410. The minimum atomic E-state index is -1.39. The molecule has 2 atom stereocenters. The topological polar surface area (TPSA) is 189 Å². The average molecular weight is 553 g/mol. The number of carbonyl (C=O) groups excluding carboxylic acids is 1. The van der Waals surface area contributed by atoms with E-state index < -0.39 is 12.2 Å². The van der Waals surface area contributed by atoms with Crippen molar-refractivity contribution < 1.29 is 45.0 Å². The van der Waals surface area contributed by atoms with Gasteiger partial charge in [-0.2, -0.15) is 0 Å². The third-order valence-corrected chi connectivity index (χ3v) is 5.18. The van der Waals surface area contributed by atoms with Crippen molar-refractivity contribution in [1.29, 1.82) is 0 Å². The molecule has 0 spiro atoms. The molecule has 0 bridgehead atoms. The van der Waals surface area contributed by atoms with E-state index in [-0.39, 0.29) is 47.0 Å². The van der Waals surface area contributed by atoms with E-state index in [1.54, 1.807) is 12.1 Å². The van der Waals surface area contributed by atoms with Gasteiger partial charge in [-0.15, -0.1) is 6.58 Å². The summed E-state index contributed by atoms with van der Waals surface area (Å²) in [6.45, 7) is 6.60. The molecule has 212 valence electrons. The predicted octanol–water partition coefficient (Wildman–Crippen LogP) is 3.82. The number of phenolic OH excluding ortho intramolecular Hbond substituents is 2. The zero-order chi connectivity index (χ0) is 28.8. The summed E-state index contributed by atoms with van der Waals surface area (Å²) in [7, 11) is 0. The van der Waals surface area contributed by atoms with Gasteiger partial charge in [0.25, 0.3) is 0 Å². The molecule has 0 saturated heterocycles. The van der Waals surface area contributed by atoms with Gasteiger partial charge in [0.15, 0.2) is 5.43 Å². The highest BCUT2D eigenvalue weighted by Gasteiger charge is 2.23. The number of hydrogen-bond acceptors (Lipinski definition) is 9. The summed E-state index contributed by atoms with van der Waals surface area (Å²) >= 11 is 0. The molecule has 0 aliphatic heterocycles. The van der Waals surface area contributed by atoms with Gasteiger partial charge in [-0.25, -0.2) is 0 Å². The van der Waals surface area contributed by atoms with Crippen molar-refractivity contribution in [2.75, 3.05) is 6.61 Å². The maximum absolute atomic E-state index is 12.3. The first kappa shape index (κ1) is 33.1. The highest BCUT2D eigenvalue weighted by atomic mass is 16.6. The van der Waals surface area contributed by atoms with Crippen LogP contribution in [0, 0.1) is 5.92 Å². The smallest absolute Gasteiger partial charge is 0.209 e. The molecule has 0 aliphatic rings. The lowest BCUT2D eigenvalue weighted by molar-refractivity contribution is -0.135. The molecule has 2 aromatic carbocycles. The number of benzene rings is 2. The number of ketones is 1. The number of fused-ring (bicyclic) bond motifs is 1. The van der Waals surface area contributed by atoms with E-state index in [0.29, 0.717) is 22.1 Å². The van der Waals surface area contributed by atoms with Crippen molar-refractivity contribution in [1.82, 2.24) is 0 Å². The lowest BCUT2D eigenvalue weighted by atomic mass is 10.00. The Morgan fingerprint density at radius 2 is 1.75 bits per heavy atom. The van der Waals surface area contributed by atoms with Crippen LogP contribution in [0.2, 0.25) is 0 Å². The van der Waals surface area contributed by atoms with Gasteiger partial charge >= 0.3 is 0 Å². The lowest BCUT2D eigenvalue weighted by Gasteiger charge is -2.17. The van der Waals surface area contributed by atoms with Crippen LogP contribution in [0.25, 0.3) is 22.1 Å². The number of hydrogen-bond donors (Lipinski definition) is 5. The summed E-state index contributed by atoms with van der Waals surface area (Å²) < 4.78 is 10.3. The average Bonchev–Trinajstić information content (AvgIpc) is 2.92. The van der Waals surface area contributed by atoms with E-state index in [1.165, 1.54) is 73.1 Å². The Labute approximate surface area is 230 Å². The van der Waals surface area contributed by atoms with Crippen LogP contribution in [-0.2, 0) is 9.53 Å². The monoisotopic (exact) mass is 552 g/mol. The third kappa shape index (κ3) is 9.76. The van der Waals surface area contributed by atoms with Crippen LogP contribution in [0.15, 0.2) is 120 Å². The number of aliphatic hydroxyl groups is 3. The fourth-order valence-corrected chi connectivity index (χ4v) is 3.20. The van der Waals surface area contributed by atoms with Crippen molar-refractivity contribution in [2.24, 2.45) is 5.92 Å². The quantitative estimate of drug-likeness (QED) is 0.102. The van der Waals surface area contributed by atoms with Gasteiger partial charge in [-0.1, -0.05) is 36.9 Å². The summed E-state index contributed by atoms with van der Waals surface area (Å²) in [5.41, 5.74) is 1.25. The van der Waals surface area contributed by atoms with Gasteiger partial charge < -0.3 is 40.2 Å². The van der Waals surface area contributed by atoms with E-state index in [1.807, 2.05) is 0 Å². The minimum absolute atomic E-state index is 0. The van der Waals surface area contributed by atoms with Gasteiger partial charge in [0.05, 0.1) is 29.7 Å². The van der Waals surface area contributed by atoms with Gasteiger partial charge in [0, 0.05) is 12.5 Å². The number of aliphatic hydroxyl groups excluding tert-OH is 3. The number of phenols is 2. The summed E-state index contributed by atoms with van der Waals surface area (Å²) in [5, 5.41) is 46.5. The van der Waals surface area contributed by atoms with E-state index in [9.17, 15) is 30.0 Å². The Hall–Kier alpha value is -4.90. The summed E-state index contributed by atoms with van der Waals surface area (Å²) in [6.07, 6.45) is 9.27. The minimum Gasteiger partial charge on any atom is -0.508 e. The van der Waals surface area contributed by atoms with Crippen LogP contribution in [0.4, 0.5) is 0 Å². The summed E-state index contributed by atoms with van der Waals surface area (Å²) in [6, 6.07) is 10.7. The van der Waals surface area contributed by atoms with Gasteiger partial charge in [-0.3, -0.25) is 9.59 Å². The summed E-state index contributed by atoms with van der Waals surface area (Å²) in [4.78, 5) is 24.1. The number of Topliss-reactive ketones (excluding diaryl/α,β-unsaturated/α-hetero) is 1. The third-order valence-electron chi connectivity index (χ3n) is 5.18. The molecule has 3 rings (SSSR count). The molecule has 0 fully saturated rings. The fourth-order valence-electron chi connectivity index (χ4n) is 3.20. The van der Waals surface area contributed by atoms with Crippen LogP contribution in [0.3, 0.4) is 0 Å². The highest BCUT2D eigenvalue weighted by molar-refractivity contribution is 5.84. The van der Waals surface area contributed by atoms with Crippen molar-refractivity contribution in [2.45, 2.75) is 12.7 Å². The first-order valence-electron chi connectivity index (χ1n) is 11.7. The fraction of sp³-hybridized carbons (Fsp3) is 0.133. The number of aromatic hydroxyl groups is 2. The van der Waals surface area contributed by atoms with Crippen molar-refractivity contribution in [3.05, 3.63) is 121 Å². The molecule has 0 radical (unpaired) electrons. The Kier molecular flexibility index (Phi) is 13.9. The number of carbonyl (C=O) groups is 1. The zero-order valence-electron chi connectivity index (χ0n) is 21.5. The van der Waals surface area contributed by atoms with E-state index in [4.69, 9.17) is 14.3 Å². The highest BCUT2D eigenvalue weighted by Crippen LogP contribution is 2.23. The van der Waals surface area contributed by atoms with Crippen molar-refractivity contribution >= 4 is 16.8 Å². The Morgan fingerprint density at radius 3 is 2.38 bits per heavy atom. The van der Waals surface area contributed by atoms with Crippen LogP contribution >= 0.6 is 0 Å². The maximum atomic E-state index is 12.3. The molecular weight excluding hydrogens is 520 g/mol. The number of allylic oxidation sites excluding steroid dienone is 4. The normalized spacial score (nSPS) is 12.7. The largest absolute Gasteiger partial charge is 0.508 e. The lowest BCUT2D eigenvalue weighted by Crippen LogP contribution is -2.27. The van der Waals surface area contributed by atoms with E-state index in [2.05, 4.69) is 13.2 Å². The number of rotatable bonds is 11. The van der Waals surface area contributed by atoms with Gasteiger partial charge in [-0.05, 0) is 48.1 Å². The van der Waals surface area contributed by atoms with Gasteiger partial charge in [0.1, 0.15) is 34.9 Å². The van der Waals surface area contributed by atoms with Crippen molar-refractivity contribution in [3.63, 3.8) is 0 Å². The van der Waals surface area contributed by atoms with Crippen LogP contribution in [-0.4, -0.2) is 49.7 Å². The zero-order valence-corrected chi connectivity index (χ0v) is 21.5. The molecule has 1 aromatic heterocycles. The molecule has 7 N–H and O–H groups in total. The Morgan fingerprint density at radius 1 is 1.07 bits per heavy atom. The standard InChI is InChI=1S/C15H20O5.C15H10O4.H2O/c1-3-7-14(18)13(9-5-8-12(17)4-2)15(19)20-11-6-10-16;16-10-3-1-9(2-4-10)13-8-19-14-7-11(17)5-6-12(14)15(13)18;/h3-6,8-9,11,13,15-17,19H,1-2,7,10H2;1-8,16-17H;1H2. The SMILES string of the molecule is C=CCC(=O)C(C=CC=C(O)C=C)C(O)OC=CCO.O.O=c1c(-c2ccc(O)cc2)coc2cc(O)ccc12. The first-order chi connectivity index (χ1) is 18.7. The van der Waals surface area contributed by atoms with E-state index >= 15 is 0 Å². The number of ether oxygens (including phenoxy) is 1. The molecule has 0 amide bonds. The second-order valence-corrected chi connectivity index (χ2v) is 7.95. The second-order valence-electron chi connectivity index (χ2n) is 7.95. The van der Waals surface area contributed by atoms with Crippen molar-refractivity contribution in [3.8, 4) is 22.6 Å². The molecule has 40 heavy (non-hydrogen) atoms. The second kappa shape index (κ2) is 16.8. The maximum Gasteiger partial charge on any atom is 0.209 e. The van der Waals surface area contributed by atoms with Crippen LogP contribution in [0.5, 0.6) is 11.5 Å². The molecule has 10 nitrogen and oxygen atoms in total. The van der Waals surface area contributed by atoms with Gasteiger partial charge in [0.2, 0.25) is 6.29 Å². The molecule has 2 unspecified atom stereocenters. The van der Waals surface area contributed by atoms with E-state index in [0.717, 1.165) is 6.26 Å². The Balaban J connectivity index is 0.000000390. The predicted molar refractivity (Wildman–Crippen MR) is 152 cm³/mol. The van der Waals surface area contributed by atoms with Crippen LogP contribution in [0.1, 0.15) is 6.42 Å². The molecule has 3 aromatic rings. The molecule has 0 aliphatic carbocycles. The first-order valence-corrected chi connectivity index (χ1v) is 11.7. The molecule has 0 saturated carbocycles. The molecular formula is C30H32O10. The van der Waals surface area contributed by atoms with Crippen LogP contribution < -0.4 is 5.43 Å². The summed E-state index contributed by atoms with van der Waals surface area (Å²) in [5.74, 6) is -1.07. The molecule has 1 heterocycles.